The molecule has 9 heteroatoms. The molecule has 5 rings (SSSR count). The van der Waals surface area contributed by atoms with Crippen LogP contribution in [0.2, 0.25) is 0 Å². The van der Waals surface area contributed by atoms with Gasteiger partial charge in [0.2, 0.25) is 11.8 Å². The molecule has 3 aliphatic rings. The van der Waals surface area contributed by atoms with Crippen LogP contribution in [-0.4, -0.2) is 40.9 Å². The lowest BCUT2D eigenvalue weighted by Crippen LogP contribution is -2.46. The van der Waals surface area contributed by atoms with Gasteiger partial charge in [-0.1, -0.05) is 42.5 Å². The lowest BCUT2D eigenvalue weighted by atomic mass is 9.86. The third kappa shape index (κ3) is 2.96. The average molecular weight is 439 g/mol. The summed E-state index contributed by atoms with van der Waals surface area (Å²) >= 11 is 0. The van der Waals surface area contributed by atoms with Crippen molar-refractivity contribution in [3.8, 4) is 0 Å². The van der Waals surface area contributed by atoms with Gasteiger partial charge in [0.05, 0.1) is 29.1 Å². The SMILES string of the molecule is O=C(c1ccccc1)C1C2C(=O)N(c3cccc(C(F)(F)F)c3)C(=O)C2C2C=CC=NN21. The highest BCUT2D eigenvalue weighted by Gasteiger charge is 2.64. The summed E-state index contributed by atoms with van der Waals surface area (Å²) in [6.45, 7) is 0. The summed E-state index contributed by atoms with van der Waals surface area (Å²) < 4.78 is 39.6. The molecule has 0 aromatic heterocycles. The van der Waals surface area contributed by atoms with Gasteiger partial charge in [-0.15, -0.1) is 0 Å². The smallest absolute Gasteiger partial charge is 0.292 e. The predicted molar refractivity (Wildman–Crippen MR) is 109 cm³/mol. The van der Waals surface area contributed by atoms with E-state index in [4.69, 9.17) is 0 Å². The summed E-state index contributed by atoms with van der Waals surface area (Å²) in [5, 5.41) is 5.71. The average Bonchev–Trinajstić information content (AvgIpc) is 3.26. The summed E-state index contributed by atoms with van der Waals surface area (Å²) in [7, 11) is 0. The zero-order valence-electron chi connectivity index (χ0n) is 16.4. The van der Waals surface area contributed by atoms with Crippen LogP contribution in [0.25, 0.3) is 0 Å². The summed E-state index contributed by atoms with van der Waals surface area (Å²) in [5.74, 6) is -3.70. The van der Waals surface area contributed by atoms with Crippen molar-refractivity contribution in [1.82, 2.24) is 5.01 Å². The van der Waals surface area contributed by atoms with Gasteiger partial charge in [0.15, 0.2) is 5.78 Å². The number of amides is 2. The minimum absolute atomic E-state index is 0.162. The molecule has 3 heterocycles. The fourth-order valence-electron chi connectivity index (χ4n) is 4.69. The van der Waals surface area contributed by atoms with Gasteiger partial charge >= 0.3 is 6.18 Å². The van der Waals surface area contributed by atoms with Gasteiger partial charge in [0.1, 0.15) is 6.04 Å². The molecule has 2 aromatic rings. The van der Waals surface area contributed by atoms with Crippen molar-refractivity contribution in [2.45, 2.75) is 18.3 Å². The minimum atomic E-state index is -4.62. The number of ketones is 1. The largest absolute Gasteiger partial charge is 0.416 e. The van der Waals surface area contributed by atoms with Crippen LogP contribution < -0.4 is 4.90 Å². The van der Waals surface area contributed by atoms with Crippen LogP contribution >= 0.6 is 0 Å². The molecular formula is C23H16F3N3O3. The van der Waals surface area contributed by atoms with Gasteiger partial charge in [-0.3, -0.25) is 19.4 Å². The number of carbonyl (C=O) groups is 3. The van der Waals surface area contributed by atoms with Crippen LogP contribution in [0, 0.1) is 11.8 Å². The number of imide groups is 1. The first-order valence-electron chi connectivity index (χ1n) is 9.92. The van der Waals surface area contributed by atoms with Crippen molar-refractivity contribution in [2.24, 2.45) is 16.9 Å². The Bertz CT molecular complexity index is 1180. The van der Waals surface area contributed by atoms with Crippen LogP contribution in [0.5, 0.6) is 0 Å². The van der Waals surface area contributed by atoms with Crippen molar-refractivity contribution < 1.29 is 27.6 Å². The molecular weight excluding hydrogens is 423 g/mol. The van der Waals surface area contributed by atoms with E-state index in [2.05, 4.69) is 5.10 Å². The lowest BCUT2D eigenvalue weighted by Gasteiger charge is -2.30. The number of alkyl halides is 3. The van der Waals surface area contributed by atoms with Crippen LogP contribution in [0.15, 0.2) is 71.9 Å². The molecule has 4 unspecified atom stereocenters. The summed E-state index contributed by atoms with van der Waals surface area (Å²) in [6, 6.07) is 10.7. The topological polar surface area (TPSA) is 70.0 Å². The maximum atomic E-state index is 13.4. The van der Waals surface area contributed by atoms with Gasteiger partial charge in [-0.05, 0) is 24.3 Å². The van der Waals surface area contributed by atoms with Gasteiger partial charge in [-0.25, -0.2) is 4.90 Å². The molecule has 0 radical (unpaired) electrons. The standard InChI is InChI=1S/C23H16F3N3O3/c24-23(25,26)14-8-4-9-15(12-14)28-21(31)17-16-10-5-11-27-29(16)19(18(17)22(28)32)20(30)13-6-2-1-3-7-13/h1-12,16-19H. The number of carbonyl (C=O) groups excluding carboxylic acids is 3. The number of benzene rings is 2. The molecule has 0 aliphatic carbocycles. The van der Waals surface area contributed by atoms with E-state index < -0.39 is 47.5 Å². The van der Waals surface area contributed by atoms with E-state index in [9.17, 15) is 27.6 Å². The van der Waals surface area contributed by atoms with Crippen molar-refractivity contribution in [3.05, 3.63) is 77.9 Å². The molecule has 32 heavy (non-hydrogen) atoms. The monoisotopic (exact) mass is 439 g/mol. The second-order valence-electron chi connectivity index (χ2n) is 7.81. The van der Waals surface area contributed by atoms with E-state index in [0.717, 1.165) is 23.1 Å². The predicted octanol–water partition coefficient (Wildman–Crippen LogP) is 3.30. The first-order chi connectivity index (χ1) is 15.3. The van der Waals surface area contributed by atoms with Crippen LogP contribution in [-0.2, 0) is 15.8 Å². The lowest BCUT2D eigenvalue weighted by molar-refractivity contribution is -0.137. The summed E-state index contributed by atoms with van der Waals surface area (Å²) in [6.07, 6.45) is 0.158. The van der Waals surface area contributed by atoms with Gasteiger partial charge in [0, 0.05) is 11.8 Å². The number of halogens is 3. The van der Waals surface area contributed by atoms with E-state index in [0.29, 0.717) is 5.56 Å². The summed E-state index contributed by atoms with van der Waals surface area (Å²) in [4.78, 5) is 40.9. The van der Waals surface area contributed by atoms with E-state index in [-0.39, 0.29) is 11.5 Å². The molecule has 6 nitrogen and oxygen atoms in total. The second-order valence-corrected chi connectivity index (χ2v) is 7.81. The van der Waals surface area contributed by atoms with Crippen molar-refractivity contribution in [3.63, 3.8) is 0 Å². The van der Waals surface area contributed by atoms with Gasteiger partial charge in [-0.2, -0.15) is 18.3 Å². The fourth-order valence-corrected chi connectivity index (χ4v) is 4.69. The molecule has 0 saturated carbocycles. The molecule has 2 saturated heterocycles. The van der Waals surface area contributed by atoms with Crippen LogP contribution in [0.4, 0.5) is 18.9 Å². The molecule has 2 amide bonds. The highest BCUT2D eigenvalue weighted by molar-refractivity contribution is 6.24. The number of Topliss-reactive ketones (excluding diaryl/α,β-unsaturated/α-hetero) is 1. The van der Waals surface area contributed by atoms with Gasteiger partial charge < -0.3 is 0 Å². The zero-order chi connectivity index (χ0) is 22.6. The Balaban J connectivity index is 1.57. The molecule has 0 spiro atoms. The van der Waals surface area contributed by atoms with E-state index >= 15 is 0 Å². The number of allylic oxidation sites excluding steroid dienone is 1. The Morgan fingerprint density at radius 1 is 0.938 bits per heavy atom. The third-order valence-corrected chi connectivity index (χ3v) is 6.05. The molecule has 3 aliphatic heterocycles. The molecule has 162 valence electrons. The van der Waals surface area contributed by atoms with Crippen molar-refractivity contribution >= 4 is 29.5 Å². The second kappa shape index (κ2) is 7.15. The highest BCUT2D eigenvalue weighted by Crippen LogP contribution is 2.46. The molecule has 4 atom stereocenters. The van der Waals surface area contributed by atoms with Gasteiger partial charge in [0.25, 0.3) is 0 Å². The maximum absolute atomic E-state index is 13.4. The van der Waals surface area contributed by atoms with Crippen molar-refractivity contribution in [2.75, 3.05) is 4.90 Å². The Kier molecular flexibility index (Phi) is 4.51. The molecule has 0 bridgehead atoms. The third-order valence-electron chi connectivity index (χ3n) is 6.05. The number of fused-ring (bicyclic) bond motifs is 3. The number of hydrogen-bond donors (Lipinski definition) is 0. The van der Waals surface area contributed by atoms with E-state index in [1.807, 2.05) is 0 Å². The molecule has 2 aromatic carbocycles. The first-order valence-corrected chi connectivity index (χ1v) is 9.92. The number of hydrogen-bond acceptors (Lipinski definition) is 5. The van der Waals surface area contributed by atoms with E-state index in [1.54, 1.807) is 42.5 Å². The van der Waals surface area contributed by atoms with E-state index in [1.165, 1.54) is 17.3 Å². The van der Waals surface area contributed by atoms with Crippen LogP contribution in [0.3, 0.4) is 0 Å². The Morgan fingerprint density at radius 2 is 1.66 bits per heavy atom. The Hall–Kier alpha value is -3.75. The minimum Gasteiger partial charge on any atom is -0.292 e. The summed E-state index contributed by atoms with van der Waals surface area (Å²) in [5.41, 5.74) is -0.766. The normalized spacial score (nSPS) is 26.5. The maximum Gasteiger partial charge on any atom is 0.416 e. The highest BCUT2D eigenvalue weighted by atomic mass is 19.4. The quantitative estimate of drug-likeness (QED) is 0.544. The zero-order valence-corrected chi connectivity index (χ0v) is 16.4. The van der Waals surface area contributed by atoms with Crippen molar-refractivity contribution in [1.29, 1.82) is 0 Å². The number of rotatable bonds is 3. The number of hydrazone groups is 1. The fraction of sp³-hybridized carbons (Fsp3) is 0.217. The Labute approximate surface area is 180 Å². The van der Waals surface area contributed by atoms with Crippen LogP contribution in [0.1, 0.15) is 15.9 Å². The number of anilines is 1. The first kappa shape index (κ1) is 20.2. The number of nitrogens with zero attached hydrogens (tertiary/aromatic N) is 3. The Morgan fingerprint density at radius 3 is 2.38 bits per heavy atom. The molecule has 0 N–H and O–H groups in total. The molecule has 2 fully saturated rings.